The van der Waals surface area contributed by atoms with E-state index in [1.54, 1.807) is 0 Å². The zero-order valence-electron chi connectivity index (χ0n) is 14.0. The normalized spacial score (nSPS) is 17.8. The summed E-state index contributed by atoms with van der Waals surface area (Å²) in [5.74, 6) is 1.16. The average molecular weight is 304 g/mol. The lowest BCUT2D eigenvalue weighted by Gasteiger charge is -2.24. The number of nitrogens with one attached hydrogen (secondary N) is 1. The fourth-order valence-electron chi connectivity index (χ4n) is 2.97. The molecule has 0 aromatic heterocycles. The molecule has 1 heterocycles. The Morgan fingerprint density at radius 3 is 2.91 bits per heavy atom. The lowest BCUT2D eigenvalue weighted by molar-refractivity contribution is -0.132. The van der Waals surface area contributed by atoms with E-state index in [0.717, 1.165) is 38.1 Å². The van der Waals surface area contributed by atoms with Crippen LogP contribution in [0.3, 0.4) is 0 Å². The fraction of sp³-hybridized carbons (Fsp3) is 0.611. The monoisotopic (exact) mass is 304 g/mol. The number of benzene rings is 1. The number of carbonyl (C=O) groups is 1. The molecular weight excluding hydrogens is 276 g/mol. The Hall–Kier alpha value is -1.55. The molecule has 1 aromatic rings. The molecule has 1 aliphatic rings. The summed E-state index contributed by atoms with van der Waals surface area (Å²) in [7, 11) is 1.94. The van der Waals surface area contributed by atoms with Crippen molar-refractivity contribution in [2.75, 3.05) is 26.7 Å². The van der Waals surface area contributed by atoms with Crippen LogP contribution >= 0.6 is 0 Å². The Morgan fingerprint density at radius 2 is 2.18 bits per heavy atom. The predicted octanol–water partition coefficient (Wildman–Crippen LogP) is 2.67. The number of likely N-dealkylation sites (tertiary alicyclic amines) is 1. The van der Waals surface area contributed by atoms with Crippen LogP contribution in [0.15, 0.2) is 18.2 Å². The van der Waals surface area contributed by atoms with Crippen LogP contribution in [0.4, 0.5) is 0 Å². The summed E-state index contributed by atoms with van der Waals surface area (Å²) < 4.78 is 5.75. The van der Waals surface area contributed by atoms with E-state index in [-0.39, 0.29) is 5.91 Å². The highest BCUT2D eigenvalue weighted by atomic mass is 16.5. The SMILES string of the molecule is CNCC1CCCN1C(=O)CCCOc1ccc(C)c(C)c1. The van der Waals surface area contributed by atoms with Crippen LogP contribution in [0, 0.1) is 13.8 Å². The van der Waals surface area contributed by atoms with Crippen LogP contribution in [-0.2, 0) is 4.79 Å². The maximum atomic E-state index is 12.3. The van der Waals surface area contributed by atoms with Gasteiger partial charge in [-0.1, -0.05) is 6.07 Å². The molecule has 0 aliphatic carbocycles. The first kappa shape index (κ1) is 16.8. The number of hydrogen-bond donors (Lipinski definition) is 1. The summed E-state index contributed by atoms with van der Waals surface area (Å²) in [5, 5.41) is 3.17. The molecule has 1 unspecified atom stereocenters. The van der Waals surface area contributed by atoms with E-state index >= 15 is 0 Å². The number of amides is 1. The molecule has 0 spiro atoms. The number of nitrogens with zero attached hydrogens (tertiary/aromatic N) is 1. The van der Waals surface area contributed by atoms with Crippen molar-refractivity contribution in [3.05, 3.63) is 29.3 Å². The van der Waals surface area contributed by atoms with Gasteiger partial charge in [0.15, 0.2) is 0 Å². The molecule has 0 bridgehead atoms. The molecule has 1 atom stereocenters. The Kier molecular flexibility index (Phi) is 6.25. The summed E-state index contributed by atoms with van der Waals surface area (Å²) in [4.78, 5) is 14.3. The van der Waals surface area contributed by atoms with E-state index in [0.29, 0.717) is 19.1 Å². The maximum Gasteiger partial charge on any atom is 0.222 e. The number of ether oxygens (including phenoxy) is 1. The second-order valence-corrected chi connectivity index (χ2v) is 6.14. The Bertz CT molecular complexity index is 502. The van der Waals surface area contributed by atoms with E-state index in [1.807, 2.05) is 18.0 Å². The van der Waals surface area contributed by atoms with Gasteiger partial charge in [0, 0.05) is 25.6 Å². The van der Waals surface area contributed by atoms with Crippen LogP contribution in [0.5, 0.6) is 5.75 Å². The molecule has 1 N–H and O–H groups in total. The highest BCUT2D eigenvalue weighted by Gasteiger charge is 2.27. The quantitative estimate of drug-likeness (QED) is 0.788. The van der Waals surface area contributed by atoms with Crippen molar-refractivity contribution in [3.8, 4) is 5.75 Å². The van der Waals surface area contributed by atoms with Gasteiger partial charge in [-0.3, -0.25) is 4.79 Å². The molecule has 1 amide bonds. The van der Waals surface area contributed by atoms with E-state index in [2.05, 4.69) is 31.3 Å². The highest BCUT2D eigenvalue weighted by Crippen LogP contribution is 2.19. The third-order valence-corrected chi connectivity index (χ3v) is 4.42. The van der Waals surface area contributed by atoms with Crippen molar-refractivity contribution in [2.45, 2.75) is 45.6 Å². The zero-order chi connectivity index (χ0) is 15.9. The molecule has 1 saturated heterocycles. The largest absolute Gasteiger partial charge is 0.494 e. The van der Waals surface area contributed by atoms with Gasteiger partial charge in [-0.15, -0.1) is 0 Å². The summed E-state index contributed by atoms with van der Waals surface area (Å²) in [5.41, 5.74) is 2.51. The van der Waals surface area contributed by atoms with Crippen LogP contribution in [-0.4, -0.2) is 43.6 Å². The van der Waals surface area contributed by atoms with Crippen LogP contribution in [0.1, 0.15) is 36.8 Å². The number of likely N-dealkylation sites (N-methyl/N-ethyl adjacent to an activating group) is 1. The molecule has 1 aromatic carbocycles. The number of carbonyl (C=O) groups excluding carboxylic acids is 1. The van der Waals surface area contributed by atoms with Crippen molar-refractivity contribution in [3.63, 3.8) is 0 Å². The zero-order valence-corrected chi connectivity index (χ0v) is 14.0. The summed E-state index contributed by atoms with van der Waals surface area (Å²) in [6.07, 6.45) is 3.59. The van der Waals surface area contributed by atoms with Gasteiger partial charge in [-0.25, -0.2) is 0 Å². The smallest absolute Gasteiger partial charge is 0.222 e. The lowest BCUT2D eigenvalue weighted by atomic mass is 10.1. The van der Waals surface area contributed by atoms with E-state index < -0.39 is 0 Å². The van der Waals surface area contributed by atoms with Crippen molar-refractivity contribution in [2.24, 2.45) is 0 Å². The molecule has 0 saturated carbocycles. The van der Waals surface area contributed by atoms with E-state index in [1.165, 1.54) is 11.1 Å². The number of rotatable bonds is 7. The molecule has 0 radical (unpaired) electrons. The second-order valence-electron chi connectivity index (χ2n) is 6.14. The molecule has 22 heavy (non-hydrogen) atoms. The number of hydrogen-bond acceptors (Lipinski definition) is 3. The minimum Gasteiger partial charge on any atom is -0.494 e. The molecule has 1 aliphatic heterocycles. The van der Waals surface area contributed by atoms with Gasteiger partial charge in [0.1, 0.15) is 5.75 Å². The minimum absolute atomic E-state index is 0.265. The van der Waals surface area contributed by atoms with Crippen molar-refractivity contribution in [1.82, 2.24) is 10.2 Å². The van der Waals surface area contributed by atoms with Crippen LogP contribution in [0.25, 0.3) is 0 Å². The molecule has 4 heteroatoms. The topological polar surface area (TPSA) is 41.6 Å². The van der Waals surface area contributed by atoms with Gasteiger partial charge < -0.3 is 15.0 Å². The van der Waals surface area contributed by atoms with Gasteiger partial charge >= 0.3 is 0 Å². The Morgan fingerprint density at radius 1 is 1.36 bits per heavy atom. The molecule has 1 fully saturated rings. The molecular formula is C18H28N2O2. The third kappa shape index (κ3) is 4.47. The minimum atomic E-state index is 0.265. The van der Waals surface area contributed by atoms with Crippen LogP contribution in [0.2, 0.25) is 0 Å². The van der Waals surface area contributed by atoms with Gasteiger partial charge in [-0.05, 0) is 63.4 Å². The first-order valence-electron chi connectivity index (χ1n) is 8.26. The molecule has 122 valence electrons. The first-order chi connectivity index (χ1) is 10.6. The maximum absolute atomic E-state index is 12.3. The average Bonchev–Trinajstić information content (AvgIpc) is 2.96. The van der Waals surface area contributed by atoms with Crippen molar-refractivity contribution in [1.29, 1.82) is 0 Å². The molecule has 4 nitrogen and oxygen atoms in total. The fourth-order valence-corrected chi connectivity index (χ4v) is 2.97. The summed E-state index contributed by atoms with van der Waals surface area (Å²) >= 11 is 0. The predicted molar refractivity (Wildman–Crippen MR) is 89.3 cm³/mol. The van der Waals surface area contributed by atoms with Crippen molar-refractivity contribution < 1.29 is 9.53 Å². The van der Waals surface area contributed by atoms with Gasteiger partial charge in [0.05, 0.1) is 6.61 Å². The Labute approximate surface area is 133 Å². The summed E-state index contributed by atoms with van der Waals surface area (Å²) in [6, 6.07) is 6.49. The first-order valence-corrected chi connectivity index (χ1v) is 8.26. The molecule has 2 rings (SSSR count). The standard InChI is InChI=1S/C18H28N2O2/c1-14-8-9-17(12-15(14)2)22-11-5-7-18(21)20-10-4-6-16(20)13-19-3/h8-9,12,16,19H,4-7,10-11,13H2,1-3H3. The van der Waals surface area contributed by atoms with Gasteiger partial charge in [0.2, 0.25) is 5.91 Å². The second kappa shape index (κ2) is 8.18. The van der Waals surface area contributed by atoms with Gasteiger partial charge in [-0.2, -0.15) is 0 Å². The van der Waals surface area contributed by atoms with Crippen LogP contribution < -0.4 is 10.1 Å². The highest BCUT2D eigenvalue weighted by molar-refractivity contribution is 5.76. The Balaban J connectivity index is 1.71. The number of aryl methyl sites for hydroxylation is 2. The van der Waals surface area contributed by atoms with Crippen molar-refractivity contribution >= 4 is 5.91 Å². The summed E-state index contributed by atoms with van der Waals surface area (Å²) in [6.45, 7) is 6.57. The van der Waals surface area contributed by atoms with E-state index in [4.69, 9.17) is 4.74 Å². The third-order valence-electron chi connectivity index (χ3n) is 4.42. The van der Waals surface area contributed by atoms with E-state index in [9.17, 15) is 4.79 Å². The van der Waals surface area contributed by atoms with Gasteiger partial charge in [0.25, 0.3) is 0 Å². The lowest BCUT2D eigenvalue weighted by Crippen LogP contribution is -2.40.